The minimum atomic E-state index is -3.63. The minimum Gasteiger partial charge on any atom is -0.379 e. The molecule has 9 nitrogen and oxygen atoms in total. The predicted octanol–water partition coefficient (Wildman–Crippen LogP) is 2.81. The van der Waals surface area contributed by atoms with Gasteiger partial charge in [-0.25, -0.2) is 18.4 Å². The van der Waals surface area contributed by atoms with Crippen LogP contribution in [0, 0.1) is 0 Å². The first-order chi connectivity index (χ1) is 16.0. The van der Waals surface area contributed by atoms with Crippen molar-refractivity contribution in [1.82, 2.24) is 9.31 Å². The summed E-state index contributed by atoms with van der Waals surface area (Å²) in [6.45, 7) is 1.40. The van der Waals surface area contributed by atoms with E-state index in [1.54, 1.807) is 12.1 Å². The van der Waals surface area contributed by atoms with Crippen molar-refractivity contribution in [1.29, 1.82) is 0 Å². The maximum atomic E-state index is 12.9. The van der Waals surface area contributed by atoms with Crippen LogP contribution in [-0.2, 0) is 19.6 Å². The number of morpholine rings is 1. The molecule has 0 aliphatic carbocycles. The standard InChI is InChI=1S/C22H23N5O4S2/c28-21(15-32-22-25-19-7-2-1-6-18(19)20-8-9-23-27(20)22)24-16-4-3-5-17(14-16)33(29,30)26-10-12-31-13-11-26/h1-7,9,14,20H,8,10-13,15H2,(H,24,28). The van der Waals surface area contributed by atoms with Crippen LogP contribution in [0.3, 0.4) is 0 Å². The zero-order valence-corrected chi connectivity index (χ0v) is 19.4. The van der Waals surface area contributed by atoms with Gasteiger partial charge in [0.05, 0.1) is 35.6 Å². The van der Waals surface area contributed by atoms with E-state index in [1.807, 2.05) is 29.4 Å². The Balaban J connectivity index is 1.25. The number of amidine groups is 1. The van der Waals surface area contributed by atoms with Crippen LogP contribution in [0.4, 0.5) is 11.4 Å². The number of hydrogen-bond acceptors (Lipinski definition) is 8. The average molecular weight is 486 g/mol. The fraction of sp³-hybridized carbons (Fsp3) is 0.318. The van der Waals surface area contributed by atoms with Gasteiger partial charge in [0.15, 0.2) is 5.17 Å². The van der Waals surface area contributed by atoms with Crippen LogP contribution in [0.1, 0.15) is 18.0 Å². The molecule has 172 valence electrons. The fourth-order valence-electron chi connectivity index (χ4n) is 3.98. The van der Waals surface area contributed by atoms with E-state index in [2.05, 4.69) is 21.5 Å². The molecule has 2 aromatic carbocycles. The van der Waals surface area contributed by atoms with Crippen molar-refractivity contribution in [3.05, 3.63) is 54.1 Å². The van der Waals surface area contributed by atoms with Gasteiger partial charge in [-0.15, -0.1) is 0 Å². The van der Waals surface area contributed by atoms with Gasteiger partial charge >= 0.3 is 0 Å². The topological polar surface area (TPSA) is 104 Å². The third kappa shape index (κ3) is 4.54. The normalized spacial score (nSPS) is 20.2. The summed E-state index contributed by atoms with van der Waals surface area (Å²) >= 11 is 1.31. The number of nitrogens with one attached hydrogen (secondary N) is 1. The molecule has 0 spiro atoms. The number of nitrogens with zero attached hydrogens (tertiary/aromatic N) is 4. The number of sulfonamides is 1. The van der Waals surface area contributed by atoms with Gasteiger partial charge in [-0.2, -0.15) is 9.41 Å². The highest BCUT2D eigenvalue weighted by Gasteiger charge is 2.33. The molecule has 1 N–H and O–H groups in total. The molecule has 0 radical (unpaired) electrons. The van der Waals surface area contributed by atoms with Gasteiger partial charge in [0.1, 0.15) is 0 Å². The third-order valence-corrected chi connectivity index (χ3v) is 8.43. The minimum absolute atomic E-state index is 0.103. The second-order valence-electron chi connectivity index (χ2n) is 7.73. The summed E-state index contributed by atoms with van der Waals surface area (Å²) in [6.07, 6.45) is 2.66. The zero-order chi connectivity index (χ0) is 22.8. The second kappa shape index (κ2) is 9.26. The maximum Gasteiger partial charge on any atom is 0.243 e. The SMILES string of the molecule is O=C(CSC1=Nc2ccccc2C2CC=NN12)Nc1cccc(S(=O)(=O)N2CCOCC2)c1. The molecule has 33 heavy (non-hydrogen) atoms. The number of hydrogen-bond donors (Lipinski definition) is 1. The van der Waals surface area contributed by atoms with E-state index in [-0.39, 0.29) is 22.6 Å². The smallest absolute Gasteiger partial charge is 0.243 e. The largest absolute Gasteiger partial charge is 0.379 e. The fourth-order valence-corrected chi connectivity index (χ4v) is 6.23. The Morgan fingerprint density at radius 3 is 2.82 bits per heavy atom. The van der Waals surface area contributed by atoms with Crippen molar-refractivity contribution in [2.75, 3.05) is 37.4 Å². The van der Waals surface area contributed by atoms with Crippen molar-refractivity contribution in [2.45, 2.75) is 17.4 Å². The van der Waals surface area contributed by atoms with Crippen LogP contribution in [0.15, 0.2) is 63.5 Å². The number of para-hydroxylation sites is 1. The second-order valence-corrected chi connectivity index (χ2v) is 10.6. The molecule has 3 aliphatic rings. The number of fused-ring (bicyclic) bond motifs is 3. The highest BCUT2D eigenvalue weighted by atomic mass is 32.2. The number of benzene rings is 2. The first-order valence-corrected chi connectivity index (χ1v) is 13.0. The van der Waals surface area contributed by atoms with E-state index in [4.69, 9.17) is 4.74 Å². The zero-order valence-electron chi connectivity index (χ0n) is 17.8. The number of anilines is 1. The number of ether oxygens (including phenoxy) is 1. The number of hydrazone groups is 1. The number of thioether (sulfide) groups is 1. The van der Waals surface area contributed by atoms with E-state index in [0.29, 0.717) is 37.2 Å². The van der Waals surface area contributed by atoms with Crippen molar-refractivity contribution < 1.29 is 17.9 Å². The van der Waals surface area contributed by atoms with Gasteiger partial charge in [-0.05, 0) is 24.3 Å². The lowest BCUT2D eigenvalue weighted by atomic mass is 10.0. The van der Waals surface area contributed by atoms with Crippen LogP contribution in [0.25, 0.3) is 0 Å². The Hall–Kier alpha value is -2.73. The van der Waals surface area contributed by atoms with E-state index >= 15 is 0 Å². The molecule has 1 fully saturated rings. The average Bonchev–Trinajstić information content (AvgIpc) is 3.34. The molecule has 3 aliphatic heterocycles. The lowest BCUT2D eigenvalue weighted by molar-refractivity contribution is -0.113. The molecule has 1 saturated heterocycles. The Morgan fingerprint density at radius 2 is 1.97 bits per heavy atom. The van der Waals surface area contributed by atoms with Gasteiger partial charge in [0, 0.05) is 37.0 Å². The van der Waals surface area contributed by atoms with Gasteiger partial charge in [-0.1, -0.05) is 36.0 Å². The van der Waals surface area contributed by atoms with Crippen molar-refractivity contribution in [2.24, 2.45) is 10.1 Å². The molecule has 1 atom stereocenters. The monoisotopic (exact) mass is 485 g/mol. The van der Waals surface area contributed by atoms with Crippen LogP contribution in [0.5, 0.6) is 0 Å². The van der Waals surface area contributed by atoms with Gasteiger partial charge in [-0.3, -0.25) is 4.79 Å². The molecule has 11 heteroatoms. The molecule has 0 bridgehead atoms. The van der Waals surface area contributed by atoms with Crippen LogP contribution in [-0.4, -0.2) is 67.1 Å². The summed E-state index contributed by atoms with van der Waals surface area (Å²) in [7, 11) is -3.63. The highest BCUT2D eigenvalue weighted by molar-refractivity contribution is 8.14. The molecule has 0 saturated carbocycles. The Labute approximate surface area is 196 Å². The molecule has 0 aromatic heterocycles. The molecule has 5 rings (SSSR count). The Kier molecular flexibility index (Phi) is 6.19. The van der Waals surface area contributed by atoms with E-state index in [0.717, 1.165) is 17.7 Å². The Morgan fingerprint density at radius 1 is 1.15 bits per heavy atom. The summed E-state index contributed by atoms with van der Waals surface area (Å²) in [4.78, 5) is 17.5. The first-order valence-electron chi connectivity index (χ1n) is 10.6. The molecule has 2 aromatic rings. The van der Waals surface area contributed by atoms with Crippen LogP contribution in [0.2, 0.25) is 0 Å². The van der Waals surface area contributed by atoms with Crippen molar-refractivity contribution >= 4 is 50.4 Å². The Bertz CT molecular complexity index is 1220. The molecule has 1 unspecified atom stereocenters. The van der Waals surface area contributed by atoms with E-state index in [9.17, 15) is 13.2 Å². The quantitative estimate of drug-likeness (QED) is 0.699. The molecule has 1 amide bonds. The third-order valence-electron chi connectivity index (χ3n) is 5.60. The summed E-state index contributed by atoms with van der Waals surface area (Å²) in [6, 6.07) is 14.4. The number of amides is 1. The molecule has 3 heterocycles. The lowest BCUT2D eigenvalue weighted by Gasteiger charge is -2.29. The first kappa shape index (κ1) is 22.1. The molecular formula is C22H23N5O4S2. The number of aliphatic imine (C=N–C) groups is 1. The highest BCUT2D eigenvalue weighted by Crippen LogP contribution is 2.40. The molecular weight excluding hydrogens is 462 g/mol. The van der Waals surface area contributed by atoms with E-state index < -0.39 is 10.0 Å². The number of carbonyl (C=O) groups excluding carboxylic acids is 1. The van der Waals surface area contributed by atoms with Crippen LogP contribution < -0.4 is 5.32 Å². The van der Waals surface area contributed by atoms with Crippen molar-refractivity contribution in [3.8, 4) is 0 Å². The summed E-state index contributed by atoms with van der Waals surface area (Å²) in [5, 5.41) is 9.75. The van der Waals surface area contributed by atoms with Crippen LogP contribution >= 0.6 is 11.8 Å². The van der Waals surface area contributed by atoms with Gasteiger partial charge < -0.3 is 10.1 Å². The van der Waals surface area contributed by atoms with Gasteiger partial charge in [0.25, 0.3) is 0 Å². The summed E-state index contributed by atoms with van der Waals surface area (Å²) < 4.78 is 32.4. The number of rotatable bonds is 5. The summed E-state index contributed by atoms with van der Waals surface area (Å²) in [5.74, 6) is -0.123. The van der Waals surface area contributed by atoms with E-state index in [1.165, 1.54) is 28.2 Å². The van der Waals surface area contributed by atoms with Gasteiger partial charge in [0.2, 0.25) is 15.9 Å². The predicted molar refractivity (Wildman–Crippen MR) is 128 cm³/mol. The number of carbonyl (C=O) groups is 1. The summed E-state index contributed by atoms with van der Waals surface area (Å²) in [5.41, 5.74) is 2.46. The van der Waals surface area contributed by atoms with Crippen molar-refractivity contribution in [3.63, 3.8) is 0 Å². The maximum absolute atomic E-state index is 12.9. The lowest BCUT2D eigenvalue weighted by Crippen LogP contribution is -2.40.